The lowest BCUT2D eigenvalue weighted by atomic mass is 10.1. The van der Waals surface area contributed by atoms with Crippen LogP contribution in [0.25, 0.3) is 11.5 Å². The Morgan fingerprint density at radius 1 is 1.15 bits per heavy atom. The van der Waals surface area contributed by atoms with Gasteiger partial charge in [-0.05, 0) is 36.8 Å². The van der Waals surface area contributed by atoms with Crippen LogP contribution in [0.5, 0.6) is 5.88 Å². The average molecular weight is 384 g/mol. The molecule has 0 aliphatic heterocycles. The van der Waals surface area contributed by atoms with E-state index in [0.29, 0.717) is 11.0 Å². The highest BCUT2D eigenvalue weighted by Gasteiger charge is 2.18. The molecule has 0 radical (unpaired) electrons. The van der Waals surface area contributed by atoms with Gasteiger partial charge in [0.1, 0.15) is 11.3 Å². The molecule has 2 unspecified atom stereocenters. The van der Waals surface area contributed by atoms with E-state index < -0.39 is 19.8 Å². The van der Waals surface area contributed by atoms with Crippen LogP contribution in [0.3, 0.4) is 0 Å². The third-order valence-electron chi connectivity index (χ3n) is 3.91. The summed E-state index contributed by atoms with van der Waals surface area (Å²) in [6, 6.07) is 11.2. The lowest BCUT2D eigenvalue weighted by Crippen LogP contribution is -2.27. The van der Waals surface area contributed by atoms with Gasteiger partial charge >= 0.3 is 0 Å². The minimum atomic E-state index is -2.74. The van der Waals surface area contributed by atoms with Gasteiger partial charge in [0.05, 0.1) is 6.04 Å². The van der Waals surface area contributed by atoms with E-state index in [1.165, 1.54) is 6.20 Å². The normalized spacial score (nSPS) is 13.0. The summed E-state index contributed by atoms with van der Waals surface area (Å²) in [5.41, 5.74) is 1.18. The Hall–Kier alpha value is -3.09. The highest BCUT2D eigenvalue weighted by atomic mass is 31.1. The molecule has 0 fully saturated rings. The molecular formula is C18H17N4O4P. The fourth-order valence-corrected chi connectivity index (χ4v) is 2.88. The summed E-state index contributed by atoms with van der Waals surface area (Å²) in [7, 11) is -2.74. The van der Waals surface area contributed by atoms with E-state index in [4.69, 9.17) is 4.89 Å². The van der Waals surface area contributed by atoms with Crippen molar-refractivity contribution in [3.8, 4) is 17.4 Å². The molecule has 1 aromatic carbocycles. The van der Waals surface area contributed by atoms with Crippen LogP contribution in [-0.2, 0) is 4.57 Å². The Balaban J connectivity index is 1.74. The molecule has 1 amide bonds. The van der Waals surface area contributed by atoms with E-state index in [0.717, 1.165) is 5.56 Å². The molecule has 0 spiro atoms. The minimum Gasteiger partial charge on any atom is -0.493 e. The van der Waals surface area contributed by atoms with E-state index in [1.807, 2.05) is 0 Å². The van der Waals surface area contributed by atoms with Crippen molar-refractivity contribution in [2.45, 2.75) is 13.0 Å². The van der Waals surface area contributed by atoms with Gasteiger partial charge in [0, 0.05) is 17.7 Å². The molecule has 3 rings (SSSR count). The molecule has 8 nitrogen and oxygen atoms in total. The van der Waals surface area contributed by atoms with Gasteiger partial charge in [-0.3, -0.25) is 14.3 Å². The first-order valence-corrected chi connectivity index (χ1v) is 9.43. The van der Waals surface area contributed by atoms with Crippen LogP contribution in [0.1, 0.15) is 28.9 Å². The van der Waals surface area contributed by atoms with E-state index >= 15 is 0 Å². The number of aromatic nitrogens is 3. The first-order chi connectivity index (χ1) is 13.0. The summed E-state index contributed by atoms with van der Waals surface area (Å²) in [6.45, 7) is 1.76. The standard InChI is InChI=1S/C18H17N4O4P/c1-11(12-5-7-13(8-6-12)27(25)26)21-17(23)14-10-20-16(22-18(14)24)15-4-2-3-9-19-15/h2-11,27H,1H3,(H,21,23)(H,25,26)(H,20,22,24). The molecule has 27 heavy (non-hydrogen) atoms. The van der Waals surface area contributed by atoms with E-state index in [-0.39, 0.29) is 17.4 Å². The van der Waals surface area contributed by atoms with Crippen LogP contribution in [0, 0.1) is 0 Å². The number of hydrogen-bond acceptors (Lipinski definition) is 6. The van der Waals surface area contributed by atoms with E-state index in [2.05, 4.69) is 20.3 Å². The minimum absolute atomic E-state index is 0.0569. The molecule has 2 atom stereocenters. The molecule has 138 valence electrons. The highest BCUT2D eigenvalue weighted by molar-refractivity contribution is 7.47. The van der Waals surface area contributed by atoms with Crippen LogP contribution < -0.4 is 10.6 Å². The molecule has 0 aliphatic carbocycles. The molecule has 0 bridgehead atoms. The number of benzene rings is 1. The van der Waals surface area contributed by atoms with Crippen molar-refractivity contribution in [2.24, 2.45) is 0 Å². The highest BCUT2D eigenvalue weighted by Crippen LogP contribution is 2.20. The van der Waals surface area contributed by atoms with Crippen molar-refractivity contribution in [1.82, 2.24) is 20.3 Å². The summed E-state index contributed by atoms with van der Waals surface area (Å²) in [6.07, 6.45) is 2.83. The third kappa shape index (κ3) is 4.36. The monoisotopic (exact) mass is 384 g/mol. The second-order valence-electron chi connectivity index (χ2n) is 5.77. The second kappa shape index (κ2) is 8.07. The Labute approximate surface area is 155 Å². The molecule has 3 N–H and O–H groups in total. The maximum Gasteiger partial charge on any atom is 0.258 e. The number of nitrogens with one attached hydrogen (secondary N) is 1. The van der Waals surface area contributed by atoms with Crippen molar-refractivity contribution in [3.05, 3.63) is 66.0 Å². The van der Waals surface area contributed by atoms with Crippen molar-refractivity contribution < 1.29 is 19.4 Å². The Bertz CT molecular complexity index is 980. The number of nitrogens with zero attached hydrogens (tertiary/aromatic N) is 3. The van der Waals surface area contributed by atoms with Crippen molar-refractivity contribution in [2.75, 3.05) is 0 Å². The number of carbonyl (C=O) groups excluding carboxylic acids is 1. The molecule has 9 heteroatoms. The molecule has 0 saturated carbocycles. The summed E-state index contributed by atoms with van der Waals surface area (Å²) >= 11 is 0. The van der Waals surface area contributed by atoms with Crippen molar-refractivity contribution in [1.29, 1.82) is 0 Å². The summed E-state index contributed by atoms with van der Waals surface area (Å²) < 4.78 is 11.1. The van der Waals surface area contributed by atoms with E-state index in [9.17, 15) is 14.5 Å². The zero-order chi connectivity index (χ0) is 19.4. The van der Waals surface area contributed by atoms with Gasteiger partial charge in [-0.15, -0.1) is 0 Å². The zero-order valence-corrected chi connectivity index (χ0v) is 15.3. The maximum atomic E-state index is 12.4. The van der Waals surface area contributed by atoms with Gasteiger partial charge in [-0.1, -0.05) is 18.2 Å². The van der Waals surface area contributed by atoms with Gasteiger partial charge < -0.3 is 15.3 Å². The Morgan fingerprint density at radius 3 is 2.48 bits per heavy atom. The first kappa shape index (κ1) is 18.7. The van der Waals surface area contributed by atoms with Gasteiger partial charge in [0.15, 0.2) is 5.82 Å². The lowest BCUT2D eigenvalue weighted by Gasteiger charge is -2.15. The van der Waals surface area contributed by atoms with Crippen LogP contribution >= 0.6 is 8.03 Å². The molecule has 0 saturated heterocycles. The van der Waals surface area contributed by atoms with Gasteiger partial charge in [0.25, 0.3) is 5.91 Å². The van der Waals surface area contributed by atoms with Crippen LogP contribution in [0.2, 0.25) is 0 Å². The fraction of sp³-hybridized carbons (Fsp3) is 0.111. The van der Waals surface area contributed by atoms with Crippen molar-refractivity contribution in [3.63, 3.8) is 0 Å². The predicted octanol–water partition coefficient (Wildman–Crippen LogP) is 1.83. The number of carbonyl (C=O) groups is 1. The fourth-order valence-electron chi connectivity index (χ4n) is 2.42. The largest absolute Gasteiger partial charge is 0.493 e. The number of hydrogen-bond donors (Lipinski definition) is 3. The summed E-state index contributed by atoms with van der Waals surface area (Å²) in [4.78, 5) is 33.7. The first-order valence-electron chi connectivity index (χ1n) is 8.07. The predicted molar refractivity (Wildman–Crippen MR) is 100 cm³/mol. The Kier molecular flexibility index (Phi) is 5.59. The van der Waals surface area contributed by atoms with Crippen LogP contribution in [0.4, 0.5) is 0 Å². The Morgan fingerprint density at radius 2 is 1.89 bits per heavy atom. The summed E-state index contributed by atoms with van der Waals surface area (Å²) in [5, 5.41) is 13.2. The third-order valence-corrected chi connectivity index (χ3v) is 4.74. The van der Waals surface area contributed by atoms with Gasteiger partial charge in [-0.2, -0.15) is 4.98 Å². The van der Waals surface area contributed by atoms with Crippen molar-refractivity contribution >= 4 is 19.2 Å². The number of rotatable bonds is 5. The van der Waals surface area contributed by atoms with Crippen LogP contribution in [0.15, 0.2) is 54.9 Å². The average Bonchev–Trinajstić information content (AvgIpc) is 2.68. The van der Waals surface area contributed by atoms with Crippen LogP contribution in [-0.4, -0.2) is 30.9 Å². The van der Waals surface area contributed by atoms with Gasteiger partial charge in [-0.25, -0.2) is 4.98 Å². The topological polar surface area (TPSA) is 125 Å². The molecule has 2 aromatic heterocycles. The number of amides is 1. The lowest BCUT2D eigenvalue weighted by molar-refractivity contribution is 0.0936. The summed E-state index contributed by atoms with van der Waals surface area (Å²) in [5.74, 6) is -0.760. The quantitative estimate of drug-likeness (QED) is 0.573. The molecule has 3 aromatic rings. The number of aromatic hydroxyl groups is 1. The smallest absolute Gasteiger partial charge is 0.258 e. The zero-order valence-electron chi connectivity index (χ0n) is 14.3. The SMILES string of the molecule is CC(NC(=O)c1cnc(-c2ccccn2)nc1O)c1ccc([PH](=O)O)cc1. The maximum absolute atomic E-state index is 12.4. The molecule has 2 heterocycles. The molecule has 0 aliphatic rings. The molecular weight excluding hydrogens is 367 g/mol. The van der Waals surface area contributed by atoms with E-state index in [1.54, 1.807) is 55.6 Å². The van der Waals surface area contributed by atoms with Gasteiger partial charge in [0.2, 0.25) is 13.9 Å². The number of pyridine rings is 1. The second-order valence-corrected chi connectivity index (χ2v) is 6.96.